The number of aryl methyl sites for hydroxylation is 2. The Hall–Kier alpha value is -0.790. The van der Waals surface area contributed by atoms with E-state index in [1.807, 2.05) is 10.9 Å². The molecule has 2 heteroatoms. The number of nitrogens with zero attached hydrogens (tertiary/aromatic N) is 2. The van der Waals surface area contributed by atoms with Crippen LogP contribution in [0.15, 0.2) is 12.3 Å². The lowest BCUT2D eigenvalue weighted by Crippen LogP contribution is -1.95. The second kappa shape index (κ2) is 3.40. The van der Waals surface area contributed by atoms with Crippen LogP contribution < -0.4 is 0 Å². The highest BCUT2D eigenvalue weighted by molar-refractivity contribution is 4.98. The Labute approximate surface area is 61.9 Å². The van der Waals surface area contributed by atoms with E-state index in [4.69, 9.17) is 0 Å². The third kappa shape index (κ3) is 1.59. The number of hydrogen-bond acceptors (Lipinski definition) is 1. The van der Waals surface area contributed by atoms with Gasteiger partial charge in [0, 0.05) is 12.7 Å². The molecule has 0 aromatic carbocycles. The Bertz CT molecular complexity index is 191. The van der Waals surface area contributed by atoms with Crippen molar-refractivity contribution in [1.29, 1.82) is 0 Å². The van der Waals surface area contributed by atoms with Gasteiger partial charge in [-0.1, -0.05) is 6.92 Å². The molecule has 0 aliphatic heterocycles. The summed E-state index contributed by atoms with van der Waals surface area (Å²) in [5.41, 5.74) is 1.15. The molecule has 1 aromatic rings. The number of aromatic nitrogens is 2. The van der Waals surface area contributed by atoms with Crippen molar-refractivity contribution in [2.45, 2.75) is 26.3 Å². The predicted molar refractivity (Wildman–Crippen MR) is 41.6 cm³/mol. The monoisotopic (exact) mass is 137 g/mol. The Morgan fingerprint density at radius 3 is 3.00 bits per heavy atom. The minimum absolute atomic E-state index is 0.931. The first kappa shape index (κ1) is 7.32. The molecule has 0 atom stereocenters. The summed E-state index contributed by atoms with van der Waals surface area (Å²) in [6.07, 6.45) is 3.93. The van der Waals surface area contributed by atoms with Gasteiger partial charge in [0.25, 0.3) is 0 Å². The van der Waals surface area contributed by atoms with E-state index in [1.165, 1.54) is 0 Å². The van der Waals surface area contributed by atoms with Crippen LogP contribution in [0.4, 0.5) is 0 Å². The molecule has 1 rings (SSSR count). The molecule has 1 aromatic heterocycles. The fourth-order valence-electron chi connectivity index (χ4n) is 0.894. The van der Waals surface area contributed by atoms with E-state index in [-0.39, 0.29) is 0 Å². The SMILES string of the molecule is [CH2]CCc1ccn(CC)n1. The first-order valence-electron chi connectivity index (χ1n) is 3.68. The van der Waals surface area contributed by atoms with Gasteiger partial charge in [-0.05, 0) is 25.8 Å². The Balaban J connectivity index is 2.59. The maximum Gasteiger partial charge on any atom is 0.0624 e. The van der Waals surface area contributed by atoms with Crippen molar-refractivity contribution in [3.05, 3.63) is 24.9 Å². The summed E-state index contributed by atoms with van der Waals surface area (Å²) >= 11 is 0. The van der Waals surface area contributed by atoms with E-state index >= 15 is 0 Å². The largest absolute Gasteiger partial charge is 0.273 e. The third-order valence-electron chi connectivity index (χ3n) is 1.45. The maximum absolute atomic E-state index is 4.30. The summed E-state index contributed by atoms with van der Waals surface area (Å²) in [7, 11) is 0. The van der Waals surface area contributed by atoms with Crippen LogP contribution in [0.5, 0.6) is 0 Å². The van der Waals surface area contributed by atoms with Crippen LogP contribution in [0.25, 0.3) is 0 Å². The molecule has 0 saturated heterocycles. The molecule has 0 N–H and O–H groups in total. The summed E-state index contributed by atoms with van der Waals surface area (Å²) in [4.78, 5) is 0. The lowest BCUT2D eigenvalue weighted by molar-refractivity contribution is 0.646. The molecule has 2 nitrogen and oxygen atoms in total. The quantitative estimate of drug-likeness (QED) is 0.619. The Morgan fingerprint density at radius 1 is 1.70 bits per heavy atom. The van der Waals surface area contributed by atoms with E-state index in [1.54, 1.807) is 0 Å². The van der Waals surface area contributed by atoms with Crippen LogP contribution in [-0.2, 0) is 13.0 Å². The summed E-state index contributed by atoms with van der Waals surface area (Å²) in [6, 6.07) is 2.05. The van der Waals surface area contributed by atoms with Gasteiger partial charge in [0.15, 0.2) is 0 Å². The minimum atomic E-state index is 0.931. The van der Waals surface area contributed by atoms with Gasteiger partial charge in [0.05, 0.1) is 5.69 Å². The summed E-state index contributed by atoms with van der Waals surface area (Å²) < 4.78 is 1.94. The summed E-state index contributed by atoms with van der Waals surface area (Å²) in [5, 5.41) is 4.30. The molecule has 0 unspecified atom stereocenters. The zero-order valence-electron chi connectivity index (χ0n) is 6.38. The maximum atomic E-state index is 4.30. The molecular formula is C8H13N2. The van der Waals surface area contributed by atoms with Crippen LogP contribution in [0.1, 0.15) is 19.0 Å². The highest BCUT2D eigenvalue weighted by atomic mass is 15.3. The molecule has 10 heavy (non-hydrogen) atoms. The topological polar surface area (TPSA) is 17.8 Å². The molecule has 0 amide bonds. The molecule has 0 spiro atoms. The molecule has 0 bridgehead atoms. The molecule has 0 fully saturated rings. The number of hydrogen-bond donors (Lipinski definition) is 0. The standard InChI is InChI=1S/C8H13N2/c1-3-5-8-6-7-10(4-2)9-8/h6-7H,1,3-5H2,2H3. The Morgan fingerprint density at radius 2 is 2.50 bits per heavy atom. The minimum Gasteiger partial charge on any atom is -0.273 e. The van der Waals surface area contributed by atoms with Crippen molar-refractivity contribution in [3.63, 3.8) is 0 Å². The highest BCUT2D eigenvalue weighted by Crippen LogP contribution is 1.98. The van der Waals surface area contributed by atoms with Crippen molar-refractivity contribution in [2.75, 3.05) is 0 Å². The van der Waals surface area contributed by atoms with Crippen LogP contribution in [0.3, 0.4) is 0 Å². The van der Waals surface area contributed by atoms with Crippen LogP contribution in [-0.4, -0.2) is 9.78 Å². The van der Waals surface area contributed by atoms with Gasteiger partial charge in [-0.25, -0.2) is 0 Å². The third-order valence-corrected chi connectivity index (χ3v) is 1.45. The zero-order chi connectivity index (χ0) is 7.40. The van der Waals surface area contributed by atoms with Crippen LogP contribution >= 0.6 is 0 Å². The zero-order valence-corrected chi connectivity index (χ0v) is 6.38. The summed E-state index contributed by atoms with van der Waals surface area (Å²) in [5.74, 6) is 0. The first-order valence-corrected chi connectivity index (χ1v) is 3.68. The van der Waals surface area contributed by atoms with Crippen molar-refractivity contribution < 1.29 is 0 Å². The smallest absolute Gasteiger partial charge is 0.0624 e. The molecule has 1 heterocycles. The highest BCUT2D eigenvalue weighted by Gasteiger charge is 1.93. The molecule has 0 aliphatic rings. The first-order chi connectivity index (χ1) is 4.86. The average Bonchev–Trinajstić information content (AvgIpc) is 2.37. The fourth-order valence-corrected chi connectivity index (χ4v) is 0.894. The van der Waals surface area contributed by atoms with E-state index in [2.05, 4.69) is 25.0 Å². The molecule has 1 radical (unpaired) electrons. The lowest BCUT2D eigenvalue weighted by Gasteiger charge is -1.92. The van der Waals surface area contributed by atoms with Crippen molar-refractivity contribution >= 4 is 0 Å². The van der Waals surface area contributed by atoms with Crippen molar-refractivity contribution in [2.24, 2.45) is 0 Å². The van der Waals surface area contributed by atoms with Gasteiger partial charge < -0.3 is 0 Å². The van der Waals surface area contributed by atoms with Crippen molar-refractivity contribution in [1.82, 2.24) is 9.78 Å². The van der Waals surface area contributed by atoms with Gasteiger partial charge in [-0.15, -0.1) is 0 Å². The van der Waals surface area contributed by atoms with E-state index < -0.39 is 0 Å². The molecular weight excluding hydrogens is 124 g/mol. The van der Waals surface area contributed by atoms with E-state index in [0.717, 1.165) is 25.1 Å². The van der Waals surface area contributed by atoms with Gasteiger partial charge in [0.2, 0.25) is 0 Å². The second-order valence-electron chi connectivity index (χ2n) is 2.27. The number of rotatable bonds is 3. The molecule has 0 aliphatic carbocycles. The lowest BCUT2D eigenvalue weighted by atomic mass is 10.3. The fraction of sp³-hybridized carbons (Fsp3) is 0.500. The second-order valence-corrected chi connectivity index (χ2v) is 2.27. The van der Waals surface area contributed by atoms with E-state index in [9.17, 15) is 0 Å². The van der Waals surface area contributed by atoms with Crippen LogP contribution in [0.2, 0.25) is 0 Å². The van der Waals surface area contributed by atoms with E-state index in [0.29, 0.717) is 0 Å². The van der Waals surface area contributed by atoms with Gasteiger partial charge >= 0.3 is 0 Å². The Kier molecular flexibility index (Phi) is 2.49. The van der Waals surface area contributed by atoms with Gasteiger partial charge in [-0.3, -0.25) is 4.68 Å². The van der Waals surface area contributed by atoms with Crippen LogP contribution in [0, 0.1) is 6.92 Å². The van der Waals surface area contributed by atoms with Crippen molar-refractivity contribution in [3.8, 4) is 0 Å². The molecule has 0 saturated carbocycles. The summed E-state index contributed by atoms with van der Waals surface area (Å²) in [6.45, 7) is 6.81. The normalized spacial score (nSPS) is 10.2. The predicted octanol–water partition coefficient (Wildman–Crippen LogP) is 1.67. The molecule has 55 valence electrons. The van der Waals surface area contributed by atoms with Gasteiger partial charge in [-0.2, -0.15) is 5.10 Å². The average molecular weight is 137 g/mol. The van der Waals surface area contributed by atoms with Gasteiger partial charge in [0.1, 0.15) is 0 Å².